The average Bonchev–Trinajstić information content (AvgIpc) is 2.38. The summed E-state index contributed by atoms with van der Waals surface area (Å²) < 4.78 is 24.4. The van der Waals surface area contributed by atoms with Gasteiger partial charge in [0.15, 0.2) is 0 Å². The SMILES string of the molecule is C[C@H](NC(N)=O)C(=O)N(C)Cc1ccc(SC(F)F)cc1. The Morgan fingerprint density at radius 1 is 1.33 bits per heavy atom. The number of thioether (sulfide) groups is 1. The topological polar surface area (TPSA) is 75.4 Å². The maximum Gasteiger partial charge on any atom is 0.312 e. The van der Waals surface area contributed by atoms with Crippen molar-refractivity contribution < 1.29 is 18.4 Å². The van der Waals surface area contributed by atoms with Crippen LogP contribution in [-0.4, -0.2) is 35.7 Å². The quantitative estimate of drug-likeness (QED) is 0.788. The smallest absolute Gasteiger partial charge is 0.312 e. The molecule has 0 spiro atoms. The maximum atomic E-state index is 12.2. The zero-order chi connectivity index (χ0) is 16.0. The Kier molecular flexibility index (Phi) is 6.41. The van der Waals surface area contributed by atoms with E-state index in [-0.39, 0.29) is 5.91 Å². The number of nitrogens with two attached hydrogens (primary N) is 1. The van der Waals surface area contributed by atoms with Crippen LogP contribution in [0.15, 0.2) is 29.2 Å². The van der Waals surface area contributed by atoms with Crippen molar-refractivity contribution in [1.82, 2.24) is 10.2 Å². The molecule has 116 valence electrons. The molecule has 1 atom stereocenters. The minimum Gasteiger partial charge on any atom is -0.352 e. The van der Waals surface area contributed by atoms with E-state index in [1.165, 1.54) is 11.8 Å². The molecule has 0 bridgehead atoms. The van der Waals surface area contributed by atoms with Crippen LogP contribution >= 0.6 is 11.8 Å². The van der Waals surface area contributed by atoms with E-state index in [0.717, 1.165) is 5.56 Å². The van der Waals surface area contributed by atoms with Gasteiger partial charge in [-0.3, -0.25) is 4.79 Å². The standard InChI is InChI=1S/C13H17F2N3O2S/c1-8(17-13(16)20)11(19)18(2)7-9-3-5-10(6-4-9)21-12(14)15/h3-6,8,12H,7H2,1-2H3,(H3,16,17,20)/t8-/m0/s1. The second-order valence-electron chi connectivity index (χ2n) is 4.45. The summed E-state index contributed by atoms with van der Waals surface area (Å²) in [6.07, 6.45) is 0. The minimum absolute atomic E-state index is 0.292. The van der Waals surface area contributed by atoms with Crippen LogP contribution in [-0.2, 0) is 11.3 Å². The van der Waals surface area contributed by atoms with E-state index in [2.05, 4.69) is 5.32 Å². The fourth-order valence-corrected chi connectivity index (χ4v) is 2.23. The van der Waals surface area contributed by atoms with E-state index in [0.29, 0.717) is 23.2 Å². The third-order valence-electron chi connectivity index (χ3n) is 2.67. The highest BCUT2D eigenvalue weighted by atomic mass is 32.2. The van der Waals surface area contributed by atoms with Crippen LogP contribution in [0.2, 0.25) is 0 Å². The summed E-state index contributed by atoms with van der Waals surface area (Å²) in [7, 11) is 1.59. The van der Waals surface area contributed by atoms with Crippen LogP contribution < -0.4 is 11.1 Å². The second-order valence-corrected chi connectivity index (χ2v) is 5.51. The molecule has 5 nitrogen and oxygen atoms in total. The number of nitrogens with one attached hydrogen (secondary N) is 1. The number of amides is 3. The van der Waals surface area contributed by atoms with Crippen LogP contribution in [0, 0.1) is 0 Å². The Morgan fingerprint density at radius 2 is 1.90 bits per heavy atom. The Morgan fingerprint density at radius 3 is 2.38 bits per heavy atom. The van der Waals surface area contributed by atoms with Crippen molar-refractivity contribution in [2.24, 2.45) is 5.73 Å². The van der Waals surface area contributed by atoms with Crippen molar-refractivity contribution in [2.45, 2.75) is 30.2 Å². The number of benzene rings is 1. The molecule has 0 aliphatic rings. The number of hydrogen-bond donors (Lipinski definition) is 2. The lowest BCUT2D eigenvalue weighted by molar-refractivity contribution is -0.132. The van der Waals surface area contributed by atoms with Gasteiger partial charge in [0, 0.05) is 18.5 Å². The van der Waals surface area contributed by atoms with Gasteiger partial charge in [-0.25, -0.2) is 4.79 Å². The molecule has 3 amide bonds. The van der Waals surface area contributed by atoms with E-state index >= 15 is 0 Å². The molecule has 0 radical (unpaired) electrons. The van der Waals surface area contributed by atoms with Crippen molar-refractivity contribution in [1.29, 1.82) is 0 Å². The van der Waals surface area contributed by atoms with Crippen LogP contribution in [0.3, 0.4) is 0 Å². The molecule has 0 saturated heterocycles. The number of hydrogen-bond acceptors (Lipinski definition) is 3. The first kappa shape index (κ1) is 17.2. The van der Waals surface area contributed by atoms with E-state index in [4.69, 9.17) is 5.73 Å². The van der Waals surface area contributed by atoms with E-state index in [1.54, 1.807) is 31.3 Å². The lowest BCUT2D eigenvalue weighted by atomic mass is 10.2. The molecule has 1 rings (SSSR count). The van der Waals surface area contributed by atoms with Gasteiger partial charge in [0.25, 0.3) is 5.76 Å². The molecule has 1 aromatic carbocycles. The zero-order valence-electron chi connectivity index (χ0n) is 11.7. The number of likely N-dealkylation sites (N-methyl/N-ethyl adjacent to an activating group) is 1. The Labute approximate surface area is 125 Å². The highest BCUT2D eigenvalue weighted by Gasteiger charge is 2.18. The zero-order valence-corrected chi connectivity index (χ0v) is 12.5. The fraction of sp³-hybridized carbons (Fsp3) is 0.385. The molecule has 3 N–H and O–H groups in total. The van der Waals surface area contributed by atoms with Crippen molar-refractivity contribution in [3.8, 4) is 0 Å². The minimum atomic E-state index is -2.46. The summed E-state index contributed by atoms with van der Waals surface area (Å²) in [5, 5.41) is 2.30. The van der Waals surface area contributed by atoms with E-state index in [9.17, 15) is 18.4 Å². The molecule has 0 aromatic heterocycles. The molecular weight excluding hydrogens is 300 g/mol. The van der Waals surface area contributed by atoms with Gasteiger partial charge in [-0.2, -0.15) is 8.78 Å². The molecule has 0 fully saturated rings. The number of rotatable bonds is 6. The third-order valence-corrected chi connectivity index (χ3v) is 3.40. The van der Waals surface area contributed by atoms with E-state index < -0.39 is 17.8 Å². The summed E-state index contributed by atoms with van der Waals surface area (Å²) >= 11 is 0.469. The number of nitrogens with zero attached hydrogens (tertiary/aromatic N) is 1. The molecule has 0 aliphatic carbocycles. The summed E-state index contributed by atoms with van der Waals surface area (Å²) in [6.45, 7) is 1.84. The molecular formula is C13H17F2N3O2S. The largest absolute Gasteiger partial charge is 0.352 e. The summed E-state index contributed by atoms with van der Waals surface area (Å²) in [5.74, 6) is -2.75. The van der Waals surface area contributed by atoms with Crippen LogP contribution in [0.1, 0.15) is 12.5 Å². The molecule has 0 aliphatic heterocycles. The van der Waals surface area contributed by atoms with Crippen molar-refractivity contribution in [2.75, 3.05) is 7.05 Å². The summed E-state index contributed by atoms with van der Waals surface area (Å²) in [5.41, 5.74) is 5.76. The number of halogens is 2. The summed E-state index contributed by atoms with van der Waals surface area (Å²) in [6, 6.07) is 5.03. The maximum absolute atomic E-state index is 12.2. The predicted octanol–water partition coefficient (Wildman–Crippen LogP) is 2.02. The molecule has 0 heterocycles. The Hall–Kier alpha value is -1.83. The van der Waals surface area contributed by atoms with Gasteiger partial charge in [-0.1, -0.05) is 23.9 Å². The number of carbonyl (C=O) groups is 2. The molecule has 0 unspecified atom stereocenters. The molecule has 0 saturated carbocycles. The van der Waals surface area contributed by atoms with Gasteiger partial charge in [-0.05, 0) is 24.6 Å². The number of alkyl halides is 2. The highest BCUT2D eigenvalue weighted by molar-refractivity contribution is 7.99. The van der Waals surface area contributed by atoms with Crippen LogP contribution in [0.5, 0.6) is 0 Å². The van der Waals surface area contributed by atoms with Gasteiger partial charge in [0.2, 0.25) is 5.91 Å². The Bertz CT molecular complexity index is 497. The lowest BCUT2D eigenvalue weighted by Gasteiger charge is -2.21. The van der Waals surface area contributed by atoms with Crippen molar-refractivity contribution >= 4 is 23.7 Å². The monoisotopic (exact) mass is 317 g/mol. The van der Waals surface area contributed by atoms with Gasteiger partial charge >= 0.3 is 6.03 Å². The second kappa shape index (κ2) is 7.82. The molecule has 1 aromatic rings. The van der Waals surface area contributed by atoms with Gasteiger partial charge in [0.05, 0.1) is 0 Å². The number of primary amides is 1. The highest BCUT2D eigenvalue weighted by Crippen LogP contribution is 2.25. The first-order valence-electron chi connectivity index (χ1n) is 6.14. The van der Waals surface area contributed by atoms with Gasteiger partial charge < -0.3 is 16.0 Å². The fourth-order valence-electron chi connectivity index (χ4n) is 1.73. The third kappa shape index (κ3) is 5.99. The first-order chi connectivity index (χ1) is 9.79. The molecule has 21 heavy (non-hydrogen) atoms. The average molecular weight is 317 g/mol. The lowest BCUT2D eigenvalue weighted by Crippen LogP contribution is -2.47. The van der Waals surface area contributed by atoms with Crippen molar-refractivity contribution in [3.63, 3.8) is 0 Å². The first-order valence-corrected chi connectivity index (χ1v) is 7.02. The Balaban J connectivity index is 2.59. The van der Waals surface area contributed by atoms with Crippen molar-refractivity contribution in [3.05, 3.63) is 29.8 Å². The van der Waals surface area contributed by atoms with Gasteiger partial charge in [0.1, 0.15) is 6.04 Å². The van der Waals surface area contributed by atoms with Crippen LogP contribution in [0.4, 0.5) is 13.6 Å². The van der Waals surface area contributed by atoms with E-state index in [1.807, 2.05) is 0 Å². The number of urea groups is 1. The van der Waals surface area contributed by atoms with Crippen LogP contribution in [0.25, 0.3) is 0 Å². The predicted molar refractivity (Wildman–Crippen MR) is 77.0 cm³/mol. The molecule has 8 heteroatoms. The van der Waals surface area contributed by atoms with Gasteiger partial charge in [-0.15, -0.1) is 0 Å². The number of carbonyl (C=O) groups excluding carboxylic acids is 2. The normalized spacial score (nSPS) is 12.0. The summed E-state index contributed by atoms with van der Waals surface area (Å²) in [4.78, 5) is 24.5.